The van der Waals surface area contributed by atoms with Gasteiger partial charge in [0.2, 0.25) is 0 Å². The van der Waals surface area contributed by atoms with Crippen LogP contribution in [0.15, 0.2) is 162 Å². The maximum Gasteiger partial charge on any atom is 0.124 e. The van der Waals surface area contributed by atoms with E-state index in [9.17, 15) is 0 Å². The zero-order chi connectivity index (χ0) is 44.5. The van der Waals surface area contributed by atoms with Gasteiger partial charge in [0.1, 0.15) is 5.58 Å². The number of para-hydroxylation sites is 2. The summed E-state index contributed by atoms with van der Waals surface area (Å²) >= 11 is 0. The van der Waals surface area contributed by atoms with Crippen LogP contribution in [0.3, 0.4) is 0 Å². The maximum absolute atomic E-state index is 6.85. The Morgan fingerprint density at radius 1 is 0.538 bits per heavy atom. The molecule has 6 aromatic carbocycles. The maximum atomic E-state index is 6.85. The number of aromatic nitrogens is 4. The van der Waals surface area contributed by atoms with Crippen LogP contribution in [0.4, 0.5) is 0 Å². The van der Waals surface area contributed by atoms with Crippen molar-refractivity contribution in [2.45, 2.75) is 79.1 Å². The second kappa shape index (κ2) is 19.3. The Morgan fingerprint density at radius 3 is 1.86 bits per heavy atom. The molecule has 0 aliphatic carbocycles. The van der Waals surface area contributed by atoms with Gasteiger partial charge in [-0.2, -0.15) is 0 Å². The molecule has 65 heavy (non-hydrogen) atoms. The Bertz CT molecular complexity index is 3130. The Balaban J connectivity index is 0.000000383. The minimum atomic E-state index is 0. The van der Waals surface area contributed by atoms with Gasteiger partial charge >= 0.3 is 0 Å². The van der Waals surface area contributed by atoms with Crippen molar-refractivity contribution in [1.29, 1.82) is 0 Å². The average Bonchev–Trinajstić information content (AvgIpc) is 3.90. The van der Waals surface area contributed by atoms with E-state index >= 15 is 0 Å². The van der Waals surface area contributed by atoms with Crippen LogP contribution in [-0.4, -0.2) is 19.5 Å². The van der Waals surface area contributed by atoms with Gasteiger partial charge in [-0.1, -0.05) is 127 Å². The number of imidazole rings is 1. The molecule has 0 unspecified atom stereocenters. The minimum absolute atomic E-state index is 0. The third-order valence-electron chi connectivity index (χ3n) is 12.1. The van der Waals surface area contributed by atoms with E-state index in [0.29, 0.717) is 11.8 Å². The summed E-state index contributed by atoms with van der Waals surface area (Å²) in [6.07, 6.45) is 3.76. The zero-order valence-corrected chi connectivity index (χ0v) is 40.7. The molecule has 0 spiro atoms. The van der Waals surface area contributed by atoms with Gasteiger partial charge in [0, 0.05) is 55.2 Å². The Morgan fingerprint density at radius 2 is 1.22 bits per heavy atom. The third kappa shape index (κ3) is 9.12. The third-order valence-corrected chi connectivity index (χ3v) is 12.1. The standard InChI is InChI=1S/C48H46N3O.C11H8N.Ir/c1-28(2)33-21-34(29(3)4)23-36(22-33)43-26-45-41(27-49-43)37-17-14-18-38(47(37)52-45)48-50-42-19-12-13-20-44(42)51(48)46-39(30(5)6)24-35(25-40(46)31(7)8)32-15-10-9-11-16-32;1-2-6-10(7-3-1)11-8-4-5-9-12-11;/h9-17,19-31H,1-8H3;1-6,8-9H;/q2*-1;. The average molecular weight is 1030 g/mol. The molecule has 327 valence electrons. The molecule has 0 saturated heterocycles. The fourth-order valence-electron chi connectivity index (χ4n) is 8.56. The van der Waals surface area contributed by atoms with Crippen LogP contribution >= 0.6 is 0 Å². The Kier molecular flexibility index (Phi) is 13.4. The molecule has 0 amide bonds. The second-order valence-electron chi connectivity index (χ2n) is 17.9. The monoisotopic (exact) mass is 1030 g/mol. The number of pyridine rings is 2. The summed E-state index contributed by atoms with van der Waals surface area (Å²) in [4.78, 5) is 14.6. The molecule has 4 aromatic heterocycles. The summed E-state index contributed by atoms with van der Waals surface area (Å²) in [5.41, 5.74) is 17.3. The molecule has 0 fully saturated rings. The van der Waals surface area contributed by atoms with Crippen molar-refractivity contribution in [1.82, 2.24) is 19.5 Å². The van der Waals surface area contributed by atoms with Crippen LogP contribution in [-0.2, 0) is 20.1 Å². The SMILES string of the molecule is CC(C)c1cc(-c2cc3oc4c(-c5nc6ccccc6n5-c5c(C(C)C)cc(-c6ccccc6)cc5C(C)C)[c-]ccc4c3cn2)cc(C(C)C)c1.[Ir].[c-]1ccccc1-c1ccccn1. The molecular weight excluding hydrogens is 973 g/mol. The van der Waals surface area contributed by atoms with Crippen LogP contribution in [0.25, 0.3) is 83.7 Å². The first-order valence-electron chi connectivity index (χ1n) is 22.5. The predicted octanol–water partition coefficient (Wildman–Crippen LogP) is 16.2. The summed E-state index contributed by atoms with van der Waals surface area (Å²) in [5, 5.41) is 1.99. The first-order chi connectivity index (χ1) is 31.0. The quantitative estimate of drug-likeness (QED) is 0.135. The molecule has 4 heterocycles. The molecule has 10 aromatic rings. The molecule has 5 nitrogen and oxygen atoms in total. The summed E-state index contributed by atoms with van der Waals surface area (Å²) in [7, 11) is 0. The largest absolute Gasteiger partial charge is 0.500 e. The van der Waals surface area contributed by atoms with Crippen LogP contribution in [0.1, 0.15) is 101 Å². The molecule has 0 saturated carbocycles. The molecule has 0 aliphatic rings. The van der Waals surface area contributed by atoms with Gasteiger partial charge in [0.05, 0.1) is 28.1 Å². The number of furan rings is 1. The number of fused-ring (bicyclic) bond motifs is 4. The Hall–Kier alpha value is -6.46. The van der Waals surface area contributed by atoms with E-state index in [1.54, 1.807) is 6.20 Å². The van der Waals surface area contributed by atoms with Gasteiger partial charge in [-0.15, -0.1) is 54.1 Å². The van der Waals surface area contributed by atoms with Crippen molar-refractivity contribution in [2.24, 2.45) is 0 Å². The molecule has 0 bridgehead atoms. The van der Waals surface area contributed by atoms with Crippen molar-refractivity contribution in [3.63, 3.8) is 0 Å². The normalized spacial score (nSPS) is 11.5. The van der Waals surface area contributed by atoms with Crippen molar-refractivity contribution in [2.75, 3.05) is 0 Å². The van der Waals surface area contributed by atoms with Crippen molar-refractivity contribution in [3.05, 3.63) is 192 Å². The fourth-order valence-corrected chi connectivity index (χ4v) is 8.56. The van der Waals surface area contributed by atoms with E-state index in [0.717, 1.165) is 66.9 Å². The number of hydrogen-bond acceptors (Lipinski definition) is 4. The molecule has 1 radical (unpaired) electrons. The van der Waals surface area contributed by atoms with Gasteiger partial charge in [0.25, 0.3) is 0 Å². The molecule has 10 rings (SSSR count). The topological polar surface area (TPSA) is 56.7 Å². The van der Waals surface area contributed by atoms with E-state index < -0.39 is 0 Å². The smallest absolute Gasteiger partial charge is 0.124 e. The van der Waals surface area contributed by atoms with Crippen LogP contribution in [0, 0.1) is 12.1 Å². The van der Waals surface area contributed by atoms with Gasteiger partial charge < -0.3 is 14.0 Å². The number of rotatable bonds is 9. The second-order valence-corrected chi connectivity index (χ2v) is 17.9. The first-order valence-corrected chi connectivity index (χ1v) is 22.5. The fraction of sp³-hybridized carbons (Fsp3) is 0.203. The molecular formula is C59H54IrN4O-2. The van der Waals surface area contributed by atoms with E-state index in [-0.39, 0.29) is 31.9 Å². The predicted molar refractivity (Wildman–Crippen MR) is 266 cm³/mol. The zero-order valence-electron chi connectivity index (χ0n) is 38.4. The molecule has 0 aliphatic heterocycles. The number of benzene rings is 6. The molecule has 0 atom stereocenters. The first kappa shape index (κ1) is 45.1. The van der Waals surface area contributed by atoms with Gasteiger partial charge in [-0.3, -0.25) is 9.97 Å². The van der Waals surface area contributed by atoms with Crippen molar-refractivity contribution >= 4 is 33.0 Å². The minimum Gasteiger partial charge on any atom is -0.500 e. The molecule has 6 heteroatoms. The van der Waals surface area contributed by atoms with Crippen LogP contribution in [0.5, 0.6) is 0 Å². The summed E-state index contributed by atoms with van der Waals surface area (Å²) < 4.78 is 9.21. The van der Waals surface area contributed by atoms with Gasteiger partial charge in [-0.05, 0) is 105 Å². The number of nitrogens with zero attached hydrogens (tertiary/aromatic N) is 4. The van der Waals surface area contributed by atoms with E-state index in [4.69, 9.17) is 14.4 Å². The summed E-state index contributed by atoms with van der Waals surface area (Å²) in [6, 6.07) is 57.3. The van der Waals surface area contributed by atoms with Gasteiger partial charge in [-0.25, -0.2) is 0 Å². The van der Waals surface area contributed by atoms with Crippen LogP contribution in [0.2, 0.25) is 0 Å². The summed E-state index contributed by atoms with van der Waals surface area (Å²) in [6.45, 7) is 18.1. The van der Waals surface area contributed by atoms with Crippen LogP contribution < -0.4 is 0 Å². The van der Waals surface area contributed by atoms with E-state index in [1.165, 1.54) is 39.1 Å². The summed E-state index contributed by atoms with van der Waals surface area (Å²) in [5.74, 6) is 2.21. The Labute approximate surface area is 397 Å². The van der Waals surface area contributed by atoms with E-state index in [1.807, 2.05) is 54.7 Å². The number of hydrogen-bond donors (Lipinski definition) is 0. The molecule has 0 N–H and O–H groups in total. The van der Waals surface area contributed by atoms with Gasteiger partial charge in [0.15, 0.2) is 0 Å². The van der Waals surface area contributed by atoms with E-state index in [2.05, 4.69) is 174 Å². The van der Waals surface area contributed by atoms with Crippen molar-refractivity contribution in [3.8, 4) is 50.7 Å². The van der Waals surface area contributed by atoms with Crippen molar-refractivity contribution < 1.29 is 24.5 Å².